The van der Waals surface area contributed by atoms with Crippen molar-refractivity contribution < 1.29 is 9.59 Å². The molecule has 4 unspecified atom stereocenters. The molecule has 4 aliphatic rings. The average Bonchev–Trinajstić information content (AvgIpc) is 4.14. The Morgan fingerprint density at radius 3 is 1.39 bits per heavy atom. The molecule has 11 heteroatoms. The fourth-order valence-electron chi connectivity index (χ4n) is 8.89. The first-order valence-corrected chi connectivity index (χ1v) is 21.2. The number of nitrogens with one attached hydrogen (secondary N) is 1. The molecule has 0 amide bonds. The molecule has 0 radical (unpaired) electrons. The lowest BCUT2D eigenvalue weighted by Gasteiger charge is -2.44. The number of anilines is 2. The highest BCUT2D eigenvalue weighted by Gasteiger charge is 2.45. The summed E-state index contributed by atoms with van der Waals surface area (Å²) >= 11 is 5.74. The number of rotatable bonds is 11. The first-order chi connectivity index (χ1) is 27.4. The summed E-state index contributed by atoms with van der Waals surface area (Å²) in [4.78, 5) is 47.3. The van der Waals surface area contributed by atoms with E-state index >= 15 is 0 Å². The minimum Gasteiger partial charge on any atom is -0.333 e. The molecule has 4 fully saturated rings. The van der Waals surface area contributed by atoms with Crippen LogP contribution in [0.1, 0.15) is 102 Å². The molecule has 4 aromatic rings. The van der Waals surface area contributed by atoms with E-state index in [1.54, 1.807) is 26.2 Å². The third kappa shape index (κ3) is 11.0. The van der Waals surface area contributed by atoms with Gasteiger partial charge in [-0.25, -0.2) is 19.9 Å². The van der Waals surface area contributed by atoms with Gasteiger partial charge in [0.1, 0.15) is 11.6 Å². The normalized spacial score (nSPS) is 23.3. The van der Waals surface area contributed by atoms with Gasteiger partial charge in [-0.2, -0.15) is 0 Å². The topological polar surface area (TPSA) is 107 Å². The SMILES string of the molecule is CC(=O)CC1(c2ccc(CCl)cc2)CC1.CC(=O)CC1(c2ccc(CN3CC(C)N(c4ncccn4)C(C)C3)cc2)CC1.CC1CNCC(C)N1c1ncccn1. The molecule has 2 aliphatic carbocycles. The van der Waals surface area contributed by atoms with E-state index < -0.39 is 0 Å². The van der Waals surface area contributed by atoms with E-state index in [0.717, 1.165) is 75.9 Å². The molecule has 10 nitrogen and oxygen atoms in total. The first-order valence-electron chi connectivity index (χ1n) is 20.7. The van der Waals surface area contributed by atoms with Gasteiger partial charge in [0.25, 0.3) is 0 Å². The van der Waals surface area contributed by atoms with Crippen LogP contribution in [-0.2, 0) is 32.8 Å². The molecule has 2 saturated carbocycles. The minimum atomic E-state index is 0.134. The summed E-state index contributed by atoms with van der Waals surface area (Å²) < 4.78 is 0. The van der Waals surface area contributed by atoms with Crippen LogP contribution >= 0.6 is 11.6 Å². The molecule has 2 aromatic carbocycles. The van der Waals surface area contributed by atoms with Gasteiger partial charge in [0.05, 0.1) is 0 Å². The second-order valence-corrected chi connectivity index (χ2v) is 17.3. The number of alkyl halides is 1. The zero-order valence-corrected chi connectivity index (χ0v) is 35.5. The Hall–Kier alpha value is -4.25. The summed E-state index contributed by atoms with van der Waals surface area (Å²) in [6.07, 6.45) is 13.2. The molecular weight excluding hydrogens is 732 g/mol. The van der Waals surface area contributed by atoms with Crippen molar-refractivity contribution in [2.75, 3.05) is 36.0 Å². The van der Waals surface area contributed by atoms with Crippen molar-refractivity contribution in [2.45, 2.75) is 127 Å². The number of ketones is 2. The van der Waals surface area contributed by atoms with Gasteiger partial charge in [-0.15, -0.1) is 11.6 Å². The molecular formula is C46H61ClN8O2. The smallest absolute Gasteiger partial charge is 0.225 e. The molecule has 0 spiro atoms. The Balaban J connectivity index is 0.000000159. The van der Waals surface area contributed by atoms with Gasteiger partial charge < -0.3 is 15.1 Å². The van der Waals surface area contributed by atoms with E-state index in [0.29, 0.717) is 48.7 Å². The molecule has 304 valence electrons. The van der Waals surface area contributed by atoms with Crippen molar-refractivity contribution >= 4 is 35.1 Å². The summed E-state index contributed by atoms with van der Waals surface area (Å²) in [6.45, 7) is 17.2. The Morgan fingerprint density at radius 1 is 0.632 bits per heavy atom. The van der Waals surface area contributed by atoms with Gasteiger partial charge in [0.2, 0.25) is 11.9 Å². The Labute approximate surface area is 344 Å². The maximum Gasteiger partial charge on any atom is 0.225 e. The number of carbonyl (C=O) groups excluding carboxylic acids is 2. The summed E-state index contributed by atoms with van der Waals surface area (Å²) in [7, 11) is 0. The molecule has 4 heterocycles. The first kappa shape index (κ1) is 42.4. The van der Waals surface area contributed by atoms with Gasteiger partial charge in [-0.3, -0.25) is 14.5 Å². The minimum absolute atomic E-state index is 0.134. The molecule has 57 heavy (non-hydrogen) atoms. The average molecular weight is 794 g/mol. The van der Waals surface area contributed by atoms with Crippen molar-refractivity contribution in [3.63, 3.8) is 0 Å². The summed E-state index contributed by atoms with van der Waals surface area (Å²) in [5, 5.41) is 3.39. The fourth-order valence-corrected chi connectivity index (χ4v) is 9.07. The number of hydrogen-bond acceptors (Lipinski definition) is 10. The number of Topliss-reactive ketones (excluding diaryl/α,β-unsaturated/α-hetero) is 2. The molecule has 0 bridgehead atoms. The predicted octanol–water partition coefficient (Wildman–Crippen LogP) is 7.69. The van der Waals surface area contributed by atoms with E-state index in [-0.39, 0.29) is 16.6 Å². The van der Waals surface area contributed by atoms with E-state index in [1.807, 2.05) is 24.5 Å². The third-order valence-electron chi connectivity index (χ3n) is 12.0. The van der Waals surface area contributed by atoms with Crippen molar-refractivity contribution in [1.82, 2.24) is 30.2 Å². The predicted molar refractivity (Wildman–Crippen MR) is 230 cm³/mol. The number of nitrogens with zero attached hydrogens (tertiary/aromatic N) is 7. The van der Waals surface area contributed by atoms with Crippen molar-refractivity contribution in [3.05, 3.63) is 108 Å². The van der Waals surface area contributed by atoms with E-state index in [2.05, 4.69) is 116 Å². The van der Waals surface area contributed by atoms with E-state index in [1.165, 1.54) is 16.7 Å². The molecule has 1 N–H and O–H groups in total. The highest BCUT2D eigenvalue weighted by molar-refractivity contribution is 6.17. The highest BCUT2D eigenvalue weighted by Crippen LogP contribution is 2.52. The summed E-state index contributed by atoms with van der Waals surface area (Å²) in [6, 6.07) is 22.7. The van der Waals surface area contributed by atoms with Gasteiger partial charge in [0, 0.05) is 111 Å². The van der Waals surface area contributed by atoms with Crippen LogP contribution in [-0.4, -0.2) is 86.7 Å². The molecule has 2 aliphatic heterocycles. The zero-order valence-electron chi connectivity index (χ0n) is 34.7. The summed E-state index contributed by atoms with van der Waals surface area (Å²) in [5.74, 6) is 2.81. The molecule has 8 rings (SSSR count). The highest BCUT2D eigenvalue weighted by atomic mass is 35.5. The van der Waals surface area contributed by atoms with Crippen molar-refractivity contribution in [2.24, 2.45) is 0 Å². The maximum atomic E-state index is 11.6. The van der Waals surface area contributed by atoms with E-state index in [4.69, 9.17) is 11.6 Å². The molecule has 2 aromatic heterocycles. The molecule has 4 atom stereocenters. The van der Waals surface area contributed by atoms with Crippen LogP contribution in [0.25, 0.3) is 0 Å². The summed E-state index contributed by atoms with van der Waals surface area (Å²) in [5.41, 5.74) is 5.40. The van der Waals surface area contributed by atoms with Gasteiger partial charge in [0.15, 0.2) is 0 Å². The zero-order chi connectivity index (χ0) is 40.6. The van der Waals surface area contributed by atoms with Gasteiger partial charge in [-0.1, -0.05) is 48.5 Å². The van der Waals surface area contributed by atoms with E-state index in [9.17, 15) is 9.59 Å². The Morgan fingerprint density at radius 2 is 1.02 bits per heavy atom. The van der Waals surface area contributed by atoms with Crippen LogP contribution in [0.2, 0.25) is 0 Å². The largest absolute Gasteiger partial charge is 0.333 e. The van der Waals surface area contributed by atoms with Crippen molar-refractivity contribution in [3.8, 4) is 0 Å². The van der Waals surface area contributed by atoms with Crippen LogP contribution in [0.5, 0.6) is 0 Å². The number of hydrogen-bond donors (Lipinski definition) is 1. The number of aromatic nitrogens is 4. The van der Waals surface area contributed by atoms with Crippen molar-refractivity contribution in [1.29, 1.82) is 0 Å². The number of piperazine rings is 2. The lowest BCUT2D eigenvalue weighted by atomic mass is 9.90. The quantitative estimate of drug-likeness (QED) is 0.152. The monoisotopic (exact) mass is 792 g/mol. The van der Waals surface area contributed by atoms with Gasteiger partial charge in [-0.05, 0) is 102 Å². The standard InChI is InChI=1S/C23H30N4O.C13H15ClO.C10H16N4/c1-17-14-26(15-18(2)27(17)22-24-11-4-12-25-22)16-20-5-7-21(8-6-20)23(9-10-23)13-19(3)28;1-10(15)8-13(6-7-13)12-4-2-11(9-14)3-5-12;1-8-6-11-7-9(2)14(8)10-12-4-3-5-13-10/h4-8,11-12,17-18H,9-10,13-16H2,1-3H3;2-5H,6-9H2,1H3;3-5,8-9,11H,6-7H2,1-2H3. The van der Waals surface area contributed by atoms with Crippen LogP contribution in [0.3, 0.4) is 0 Å². The Bertz CT molecular complexity index is 1870. The maximum absolute atomic E-state index is 11.6. The molecule has 2 saturated heterocycles. The second kappa shape index (κ2) is 19.0. The Kier molecular flexibility index (Phi) is 14.1. The number of carbonyl (C=O) groups is 2. The lowest BCUT2D eigenvalue weighted by molar-refractivity contribution is -0.118. The lowest BCUT2D eigenvalue weighted by Crippen LogP contribution is -2.57. The van der Waals surface area contributed by atoms with Gasteiger partial charge >= 0.3 is 0 Å². The van der Waals surface area contributed by atoms with Crippen LogP contribution in [0.15, 0.2) is 85.5 Å². The fraction of sp³-hybridized carbons (Fsp3) is 0.522. The van der Waals surface area contributed by atoms with Crippen LogP contribution < -0.4 is 15.1 Å². The van der Waals surface area contributed by atoms with Crippen LogP contribution in [0, 0.1) is 0 Å². The van der Waals surface area contributed by atoms with Crippen LogP contribution in [0.4, 0.5) is 11.9 Å². The number of benzene rings is 2. The number of halogens is 1. The third-order valence-corrected chi connectivity index (χ3v) is 12.3. The second-order valence-electron chi connectivity index (χ2n) is 17.0.